The minimum atomic E-state index is -0.955. The van der Waals surface area contributed by atoms with Gasteiger partial charge in [-0.15, -0.1) is 22.7 Å². The van der Waals surface area contributed by atoms with Crippen LogP contribution in [0.25, 0.3) is 0 Å². The number of ether oxygens (including phenoxy) is 1. The van der Waals surface area contributed by atoms with Gasteiger partial charge in [0.1, 0.15) is 5.60 Å². The van der Waals surface area contributed by atoms with Crippen LogP contribution >= 0.6 is 22.7 Å². The average molecular weight is 354 g/mol. The van der Waals surface area contributed by atoms with E-state index in [0.29, 0.717) is 17.4 Å². The van der Waals surface area contributed by atoms with E-state index in [9.17, 15) is 9.59 Å². The van der Waals surface area contributed by atoms with Gasteiger partial charge in [-0.25, -0.2) is 14.7 Å². The van der Waals surface area contributed by atoms with Gasteiger partial charge in [0, 0.05) is 10.3 Å². The maximum atomic E-state index is 12.5. The van der Waals surface area contributed by atoms with Crippen molar-refractivity contribution in [3.8, 4) is 0 Å². The van der Waals surface area contributed by atoms with Crippen LogP contribution in [0.3, 0.4) is 0 Å². The molecular weight excluding hydrogens is 336 g/mol. The third kappa shape index (κ3) is 5.33. The molecule has 0 saturated heterocycles. The molecule has 0 radical (unpaired) electrons. The standard InChI is InChI=1S/C15H18N2O4S2/c1-15(2,3)21-14(20)17(8-11-5-4-6-22-11)13-16-10(9-23-13)7-12(18)19/h4-6,9H,7-8H2,1-3H3,(H,18,19). The quantitative estimate of drug-likeness (QED) is 0.884. The lowest BCUT2D eigenvalue weighted by atomic mass is 10.2. The Bertz CT molecular complexity index is 674. The molecule has 8 heteroatoms. The zero-order chi connectivity index (χ0) is 17.0. The molecule has 0 bridgehead atoms. The summed E-state index contributed by atoms with van der Waals surface area (Å²) in [5, 5.41) is 12.9. The number of rotatable bonds is 5. The second-order valence-electron chi connectivity index (χ2n) is 5.84. The van der Waals surface area contributed by atoms with Crippen molar-refractivity contribution >= 4 is 39.9 Å². The summed E-state index contributed by atoms with van der Waals surface area (Å²) in [4.78, 5) is 29.9. The Morgan fingerprint density at radius 3 is 2.65 bits per heavy atom. The highest BCUT2D eigenvalue weighted by Crippen LogP contribution is 2.26. The minimum absolute atomic E-state index is 0.169. The van der Waals surface area contributed by atoms with Crippen molar-refractivity contribution in [3.63, 3.8) is 0 Å². The fourth-order valence-corrected chi connectivity index (χ4v) is 3.25. The largest absolute Gasteiger partial charge is 0.481 e. The van der Waals surface area contributed by atoms with Crippen LogP contribution in [0, 0.1) is 0 Å². The monoisotopic (exact) mass is 354 g/mol. The molecule has 2 aromatic heterocycles. The Morgan fingerprint density at radius 1 is 1.35 bits per heavy atom. The number of carboxylic acid groups (broad SMARTS) is 1. The zero-order valence-electron chi connectivity index (χ0n) is 13.1. The number of hydrogen-bond acceptors (Lipinski definition) is 6. The van der Waals surface area contributed by atoms with Crippen LogP contribution in [-0.2, 0) is 22.5 Å². The van der Waals surface area contributed by atoms with Crippen LogP contribution in [0.15, 0.2) is 22.9 Å². The molecular formula is C15H18N2O4S2. The zero-order valence-corrected chi connectivity index (χ0v) is 14.7. The molecule has 0 atom stereocenters. The number of nitrogens with zero attached hydrogens (tertiary/aromatic N) is 2. The molecule has 2 aromatic rings. The molecule has 0 saturated carbocycles. The number of thiazole rings is 1. The summed E-state index contributed by atoms with van der Waals surface area (Å²) in [7, 11) is 0. The van der Waals surface area contributed by atoms with Gasteiger partial charge in [0.15, 0.2) is 5.13 Å². The second-order valence-corrected chi connectivity index (χ2v) is 7.71. The summed E-state index contributed by atoms with van der Waals surface area (Å²) in [5.74, 6) is -0.955. The van der Waals surface area contributed by atoms with E-state index >= 15 is 0 Å². The van der Waals surface area contributed by atoms with E-state index in [0.717, 1.165) is 4.88 Å². The number of thiophene rings is 1. The minimum Gasteiger partial charge on any atom is -0.481 e. The second kappa shape index (κ2) is 7.10. The summed E-state index contributed by atoms with van der Waals surface area (Å²) in [6.45, 7) is 5.73. The van der Waals surface area contributed by atoms with Crippen LogP contribution in [0.4, 0.5) is 9.93 Å². The number of hydrogen-bond donors (Lipinski definition) is 1. The average Bonchev–Trinajstić information content (AvgIpc) is 3.04. The number of aromatic nitrogens is 1. The van der Waals surface area contributed by atoms with E-state index in [2.05, 4.69) is 4.98 Å². The van der Waals surface area contributed by atoms with E-state index in [1.165, 1.54) is 27.6 Å². The van der Waals surface area contributed by atoms with Gasteiger partial charge in [-0.05, 0) is 32.2 Å². The van der Waals surface area contributed by atoms with Gasteiger partial charge in [-0.3, -0.25) is 4.79 Å². The first kappa shape index (κ1) is 17.4. The maximum absolute atomic E-state index is 12.5. The van der Waals surface area contributed by atoms with Crippen LogP contribution in [-0.4, -0.2) is 27.8 Å². The van der Waals surface area contributed by atoms with Gasteiger partial charge >= 0.3 is 12.1 Å². The number of carboxylic acids is 1. The van der Waals surface area contributed by atoms with Gasteiger partial charge in [-0.2, -0.15) is 0 Å². The fraction of sp³-hybridized carbons (Fsp3) is 0.400. The lowest BCUT2D eigenvalue weighted by Crippen LogP contribution is -2.36. The summed E-state index contributed by atoms with van der Waals surface area (Å²) < 4.78 is 5.44. The van der Waals surface area contributed by atoms with Crippen LogP contribution in [0.1, 0.15) is 31.3 Å². The van der Waals surface area contributed by atoms with Crippen molar-refractivity contribution in [1.82, 2.24) is 4.98 Å². The predicted molar refractivity (Wildman–Crippen MR) is 90.2 cm³/mol. The highest BCUT2D eigenvalue weighted by atomic mass is 32.1. The first-order valence-corrected chi connectivity index (χ1v) is 8.69. The molecule has 0 aromatic carbocycles. The number of amides is 1. The van der Waals surface area contributed by atoms with Crippen LogP contribution < -0.4 is 4.90 Å². The molecule has 0 unspecified atom stereocenters. The smallest absolute Gasteiger partial charge is 0.416 e. The van der Waals surface area contributed by atoms with Crippen LogP contribution in [0.2, 0.25) is 0 Å². The van der Waals surface area contributed by atoms with Crippen molar-refractivity contribution < 1.29 is 19.4 Å². The number of aliphatic carboxylic acids is 1. The molecule has 124 valence electrons. The molecule has 23 heavy (non-hydrogen) atoms. The topological polar surface area (TPSA) is 79.7 Å². The van der Waals surface area contributed by atoms with Crippen molar-refractivity contribution in [1.29, 1.82) is 0 Å². The highest BCUT2D eigenvalue weighted by Gasteiger charge is 2.26. The Kier molecular flexibility index (Phi) is 5.38. The summed E-state index contributed by atoms with van der Waals surface area (Å²) in [5.41, 5.74) is -0.191. The molecule has 2 heterocycles. The Hall–Kier alpha value is -1.93. The van der Waals surface area contributed by atoms with E-state index in [-0.39, 0.29) is 6.42 Å². The number of carbonyl (C=O) groups excluding carboxylic acids is 1. The predicted octanol–water partition coefficient (Wildman–Crippen LogP) is 3.77. The summed E-state index contributed by atoms with van der Waals surface area (Å²) >= 11 is 2.76. The maximum Gasteiger partial charge on any atom is 0.416 e. The van der Waals surface area contributed by atoms with Gasteiger partial charge < -0.3 is 9.84 Å². The Morgan fingerprint density at radius 2 is 2.09 bits per heavy atom. The van der Waals surface area contributed by atoms with E-state index < -0.39 is 17.7 Å². The van der Waals surface area contributed by atoms with E-state index in [1.807, 2.05) is 17.5 Å². The van der Waals surface area contributed by atoms with Crippen molar-refractivity contribution in [2.75, 3.05) is 4.90 Å². The number of carbonyl (C=O) groups is 2. The van der Waals surface area contributed by atoms with E-state index in [4.69, 9.17) is 9.84 Å². The summed E-state index contributed by atoms with van der Waals surface area (Å²) in [6.07, 6.45) is -0.667. The lowest BCUT2D eigenvalue weighted by molar-refractivity contribution is -0.136. The third-order valence-corrected chi connectivity index (χ3v) is 4.38. The molecule has 1 N–H and O–H groups in total. The molecule has 0 aliphatic carbocycles. The fourth-order valence-electron chi connectivity index (χ4n) is 1.74. The molecule has 1 amide bonds. The van der Waals surface area contributed by atoms with Gasteiger partial charge in [0.05, 0.1) is 18.7 Å². The third-order valence-electron chi connectivity index (χ3n) is 2.61. The van der Waals surface area contributed by atoms with Crippen molar-refractivity contribution in [2.24, 2.45) is 0 Å². The van der Waals surface area contributed by atoms with Crippen LogP contribution in [0.5, 0.6) is 0 Å². The molecule has 0 aliphatic rings. The normalized spacial score (nSPS) is 11.3. The Balaban J connectivity index is 2.23. The van der Waals surface area contributed by atoms with Gasteiger partial charge in [0.2, 0.25) is 0 Å². The van der Waals surface area contributed by atoms with Crippen molar-refractivity contribution in [2.45, 2.75) is 39.3 Å². The van der Waals surface area contributed by atoms with Gasteiger partial charge in [0.25, 0.3) is 0 Å². The molecule has 0 aliphatic heterocycles. The lowest BCUT2D eigenvalue weighted by Gasteiger charge is -2.25. The van der Waals surface area contributed by atoms with Gasteiger partial charge in [-0.1, -0.05) is 6.07 Å². The first-order valence-electron chi connectivity index (χ1n) is 6.94. The van der Waals surface area contributed by atoms with Crippen molar-refractivity contribution in [3.05, 3.63) is 33.5 Å². The molecule has 2 rings (SSSR count). The Labute approximate surface area is 142 Å². The SMILES string of the molecule is CC(C)(C)OC(=O)N(Cc1cccs1)c1nc(CC(=O)O)cs1. The highest BCUT2D eigenvalue weighted by molar-refractivity contribution is 7.14. The molecule has 0 spiro atoms. The van der Waals surface area contributed by atoms with E-state index in [1.54, 1.807) is 26.2 Å². The molecule has 0 fully saturated rings. The first-order chi connectivity index (χ1) is 10.7. The molecule has 6 nitrogen and oxygen atoms in total. The summed E-state index contributed by atoms with van der Waals surface area (Å²) in [6, 6.07) is 3.83. The number of anilines is 1.